The minimum Gasteiger partial charge on any atom is -0.394 e. The second-order valence-electron chi connectivity index (χ2n) is 7.36. The molecule has 2 N–H and O–H groups in total. The number of carbonyl (C=O) groups is 1. The SMILES string of the molecule is CC1CCc2ccccc2N1CCC(=O)NC(C)(CO)C1CC1. The van der Waals surface area contributed by atoms with Crippen molar-refractivity contribution in [3.05, 3.63) is 29.8 Å². The van der Waals surface area contributed by atoms with Crippen molar-refractivity contribution in [2.45, 2.75) is 57.5 Å². The van der Waals surface area contributed by atoms with Gasteiger partial charge in [-0.25, -0.2) is 0 Å². The average molecular weight is 316 g/mol. The minimum atomic E-state index is -0.442. The van der Waals surface area contributed by atoms with Crippen molar-refractivity contribution in [2.75, 3.05) is 18.1 Å². The Kier molecular flexibility index (Phi) is 4.62. The Morgan fingerprint density at radius 1 is 1.35 bits per heavy atom. The molecule has 0 radical (unpaired) electrons. The van der Waals surface area contributed by atoms with Gasteiger partial charge >= 0.3 is 0 Å². The van der Waals surface area contributed by atoms with Gasteiger partial charge in [-0.1, -0.05) is 18.2 Å². The predicted molar refractivity (Wildman–Crippen MR) is 92.5 cm³/mol. The van der Waals surface area contributed by atoms with Gasteiger partial charge in [-0.05, 0) is 57.1 Å². The number of hydrogen-bond donors (Lipinski definition) is 2. The molecule has 0 spiro atoms. The van der Waals surface area contributed by atoms with Crippen molar-refractivity contribution in [2.24, 2.45) is 5.92 Å². The number of benzene rings is 1. The molecule has 23 heavy (non-hydrogen) atoms. The van der Waals surface area contributed by atoms with Gasteiger partial charge in [-0.2, -0.15) is 0 Å². The third-order valence-corrected chi connectivity index (χ3v) is 5.48. The summed E-state index contributed by atoms with van der Waals surface area (Å²) in [5.41, 5.74) is 2.21. The normalized spacial score (nSPS) is 23.1. The summed E-state index contributed by atoms with van der Waals surface area (Å²) in [6, 6.07) is 8.96. The van der Waals surface area contributed by atoms with E-state index in [0.717, 1.165) is 32.2 Å². The highest BCUT2D eigenvalue weighted by Gasteiger charge is 2.42. The molecule has 1 aliphatic heterocycles. The number of aliphatic hydroxyl groups excluding tert-OH is 1. The monoisotopic (exact) mass is 316 g/mol. The zero-order valence-corrected chi connectivity index (χ0v) is 14.2. The van der Waals surface area contributed by atoms with Gasteiger partial charge in [0.25, 0.3) is 0 Å². The molecule has 126 valence electrons. The number of fused-ring (bicyclic) bond motifs is 1. The lowest BCUT2D eigenvalue weighted by molar-refractivity contribution is -0.123. The summed E-state index contributed by atoms with van der Waals surface area (Å²) in [6.45, 7) is 4.94. The van der Waals surface area contributed by atoms with E-state index < -0.39 is 5.54 Å². The molecular formula is C19H28N2O2. The van der Waals surface area contributed by atoms with Crippen LogP contribution in [0, 0.1) is 5.92 Å². The zero-order chi connectivity index (χ0) is 16.4. The number of amides is 1. The number of nitrogens with one attached hydrogen (secondary N) is 1. The third-order valence-electron chi connectivity index (χ3n) is 5.48. The van der Waals surface area contributed by atoms with Gasteiger partial charge in [-0.15, -0.1) is 0 Å². The number of para-hydroxylation sites is 1. The van der Waals surface area contributed by atoms with Crippen LogP contribution >= 0.6 is 0 Å². The second kappa shape index (κ2) is 6.52. The van der Waals surface area contributed by atoms with Crippen LogP contribution in [0.25, 0.3) is 0 Å². The molecule has 2 atom stereocenters. The van der Waals surface area contributed by atoms with Crippen LogP contribution in [-0.4, -0.2) is 35.7 Å². The van der Waals surface area contributed by atoms with Crippen LogP contribution in [0.5, 0.6) is 0 Å². The summed E-state index contributed by atoms with van der Waals surface area (Å²) in [6.07, 6.45) is 4.93. The van der Waals surface area contributed by atoms with Crippen LogP contribution in [0.4, 0.5) is 5.69 Å². The average Bonchev–Trinajstić information content (AvgIpc) is 3.39. The van der Waals surface area contributed by atoms with Crippen molar-refractivity contribution in [3.63, 3.8) is 0 Å². The van der Waals surface area contributed by atoms with Gasteiger partial charge in [0.2, 0.25) is 5.91 Å². The van der Waals surface area contributed by atoms with Gasteiger partial charge < -0.3 is 15.3 Å². The fraction of sp³-hybridized carbons (Fsp3) is 0.632. The molecule has 0 bridgehead atoms. The van der Waals surface area contributed by atoms with E-state index in [0.29, 0.717) is 18.4 Å². The number of nitrogens with zero attached hydrogens (tertiary/aromatic N) is 1. The molecule has 1 heterocycles. The highest BCUT2D eigenvalue weighted by Crippen LogP contribution is 2.39. The van der Waals surface area contributed by atoms with Gasteiger partial charge in [-0.3, -0.25) is 4.79 Å². The number of aliphatic hydroxyl groups is 1. The molecule has 1 saturated carbocycles. The van der Waals surface area contributed by atoms with Crippen LogP contribution in [0.1, 0.15) is 45.1 Å². The maximum Gasteiger partial charge on any atom is 0.222 e. The number of rotatable bonds is 6. The first-order chi connectivity index (χ1) is 11.0. The van der Waals surface area contributed by atoms with E-state index in [1.54, 1.807) is 0 Å². The Morgan fingerprint density at radius 3 is 2.78 bits per heavy atom. The summed E-state index contributed by atoms with van der Waals surface area (Å²) < 4.78 is 0. The number of aryl methyl sites for hydroxylation is 1. The fourth-order valence-corrected chi connectivity index (χ4v) is 3.70. The Morgan fingerprint density at radius 2 is 2.09 bits per heavy atom. The minimum absolute atomic E-state index is 0.0202. The molecule has 1 amide bonds. The van der Waals surface area contributed by atoms with Crippen molar-refractivity contribution in [1.82, 2.24) is 5.32 Å². The lowest BCUT2D eigenvalue weighted by Gasteiger charge is -2.37. The molecule has 1 aliphatic carbocycles. The smallest absolute Gasteiger partial charge is 0.222 e. The Labute approximate surface area is 138 Å². The summed E-state index contributed by atoms with van der Waals surface area (Å²) in [5.74, 6) is 0.481. The third kappa shape index (κ3) is 3.52. The fourth-order valence-electron chi connectivity index (χ4n) is 3.70. The lowest BCUT2D eigenvalue weighted by Crippen LogP contribution is -2.51. The highest BCUT2D eigenvalue weighted by atomic mass is 16.3. The molecule has 1 aromatic rings. The largest absolute Gasteiger partial charge is 0.394 e. The van der Waals surface area contributed by atoms with Gasteiger partial charge in [0.15, 0.2) is 0 Å². The molecule has 2 aliphatic rings. The highest BCUT2D eigenvalue weighted by molar-refractivity contribution is 5.77. The van der Waals surface area contributed by atoms with Crippen LogP contribution in [0.3, 0.4) is 0 Å². The quantitative estimate of drug-likeness (QED) is 0.848. The van der Waals surface area contributed by atoms with Crippen LogP contribution in [-0.2, 0) is 11.2 Å². The van der Waals surface area contributed by atoms with E-state index in [1.807, 2.05) is 6.92 Å². The van der Waals surface area contributed by atoms with E-state index in [4.69, 9.17) is 0 Å². The molecule has 0 aromatic heterocycles. The maximum absolute atomic E-state index is 12.4. The van der Waals surface area contributed by atoms with Crippen molar-refractivity contribution in [3.8, 4) is 0 Å². The molecule has 1 fully saturated rings. The van der Waals surface area contributed by atoms with Crippen molar-refractivity contribution < 1.29 is 9.90 Å². The first kappa shape index (κ1) is 16.3. The van der Waals surface area contributed by atoms with E-state index >= 15 is 0 Å². The summed E-state index contributed by atoms with van der Waals surface area (Å²) in [5, 5.41) is 12.7. The standard InChI is InChI=1S/C19H28N2O2/c1-14-7-8-15-5-3-4-6-17(15)21(14)12-11-18(23)20-19(2,13-22)16-9-10-16/h3-6,14,16,22H,7-13H2,1-2H3,(H,20,23). The number of carbonyl (C=O) groups excluding carboxylic acids is 1. The van der Waals surface area contributed by atoms with E-state index in [-0.39, 0.29) is 12.5 Å². The second-order valence-corrected chi connectivity index (χ2v) is 7.36. The Hall–Kier alpha value is -1.55. The summed E-state index contributed by atoms with van der Waals surface area (Å²) in [7, 11) is 0. The van der Waals surface area contributed by atoms with E-state index in [1.165, 1.54) is 11.3 Å². The van der Waals surface area contributed by atoms with Crippen LogP contribution in [0.15, 0.2) is 24.3 Å². The topological polar surface area (TPSA) is 52.6 Å². The molecule has 1 aromatic carbocycles. The Balaban J connectivity index is 1.60. The Bertz CT molecular complexity index is 570. The molecule has 4 heteroatoms. The van der Waals surface area contributed by atoms with Crippen molar-refractivity contribution in [1.29, 1.82) is 0 Å². The molecule has 0 saturated heterocycles. The molecule has 2 unspecified atom stereocenters. The number of hydrogen-bond acceptors (Lipinski definition) is 3. The summed E-state index contributed by atoms with van der Waals surface area (Å²) in [4.78, 5) is 14.7. The first-order valence-corrected chi connectivity index (χ1v) is 8.80. The molecule has 4 nitrogen and oxygen atoms in total. The predicted octanol–water partition coefficient (Wildman–Crippen LogP) is 2.50. The first-order valence-electron chi connectivity index (χ1n) is 8.80. The molecular weight excluding hydrogens is 288 g/mol. The van der Waals surface area contributed by atoms with Crippen LogP contribution in [0.2, 0.25) is 0 Å². The van der Waals surface area contributed by atoms with Crippen molar-refractivity contribution >= 4 is 11.6 Å². The molecule has 3 rings (SSSR count). The van der Waals surface area contributed by atoms with Gasteiger partial charge in [0, 0.05) is 24.7 Å². The summed E-state index contributed by atoms with van der Waals surface area (Å²) >= 11 is 0. The van der Waals surface area contributed by atoms with E-state index in [9.17, 15) is 9.90 Å². The zero-order valence-electron chi connectivity index (χ0n) is 14.2. The van der Waals surface area contributed by atoms with Crippen LogP contribution < -0.4 is 10.2 Å². The lowest BCUT2D eigenvalue weighted by atomic mass is 9.95. The maximum atomic E-state index is 12.4. The number of anilines is 1. The van der Waals surface area contributed by atoms with Gasteiger partial charge in [0.1, 0.15) is 0 Å². The van der Waals surface area contributed by atoms with E-state index in [2.05, 4.69) is 41.4 Å². The van der Waals surface area contributed by atoms with Gasteiger partial charge in [0.05, 0.1) is 12.1 Å².